The summed E-state index contributed by atoms with van der Waals surface area (Å²) in [6.45, 7) is 0. The quantitative estimate of drug-likeness (QED) is 0.737. The van der Waals surface area contributed by atoms with E-state index in [4.69, 9.17) is 0 Å². The van der Waals surface area contributed by atoms with Crippen molar-refractivity contribution in [2.24, 2.45) is 0 Å². The van der Waals surface area contributed by atoms with Gasteiger partial charge >= 0.3 is 0 Å². The zero-order valence-electron chi connectivity index (χ0n) is 7.50. The van der Waals surface area contributed by atoms with E-state index in [0.29, 0.717) is 5.56 Å². The molecule has 0 atom stereocenters. The highest BCUT2D eigenvalue weighted by Gasteiger charge is 2.02. The lowest BCUT2D eigenvalue weighted by molar-refractivity contribution is -0.318. The molecule has 0 bridgehead atoms. The molecule has 14 heavy (non-hydrogen) atoms. The topological polar surface area (TPSA) is 46.1 Å². The van der Waals surface area contributed by atoms with Gasteiger partial charge in [0.1, 0.15) is 0 Å². The third-order valence-electron chi connectivity index (χ3n) is 1.93. The Labute approximate surface area is 80.8 Å². The van der Waals surface area contributed by atoms with Crippen molar-refractivity contribution in [2.75, 3.05) is 0 Å². The van der Waals surface area contributed by atoms with Crippen LogP contribution in [0, 0.1) is 0 Å². The minimum absolute atomic E-state index is 0.232. The second-order valence-corrected chi connectivity index (χ2v) is 3.03. The fraction of sp³-hybridized carbons (Fsp3) is 0.400. The van der Waals surface area contributed by atoms with E-state index in [9.17, 15) is 19.0 Å². The predicted molar refractivity (Wildman–Crippen MR) is 44.3 cm³/mol. The van der Waals surface area contributed by atoms with Crippen LogP contribution < -0.4 is 10.2 Å². The Hall–Kier alpha value is -1.32. The van der Waals surface area contributed by atoms with Crippen molar-refractivity contribution < 1.29 is 19.0 Å². The Bertz CT molecular complexity index is 300. The second kappa shape index (κ2) is 4.79. The molecule has 0 amide bonds. The molecular formula is C10H10F2O2-2. The van der Waals surface area contributed by atoms with Crippen LogP contribution in [-0.2, 0) is 6.42 Å². The molecule has 0 radical (unpaired) electrons. The number of rotatable bonds is 4. The Morgan fingerprint density at radius 1 is 1.21 bits per heavy atom. The summed E-state index contributed by atoms with van der Waals surface area (Å²) in [4.78, 5) is 0. The summed E-state index contributed by atoms with van der Waals surface area (Å²) in [6, 6.07) is 4.16. The van der Waals surface area contributed by atoms with Crippen LogP contribution in [0.5, 0.6) is 11.5 Å². The number of halogens is 2. The summed E-state index contributed by atoms with van der Waals surface area (Å²) in [5.41, 5.74) is 0.332. The smallest absolute Gasteiger partial charge is 0.238 e. The van der Waals surface area contributed by atoms with Crippen molar-refractivity contribution in [3.05, 3.63) is 23.8 Å². The summed E-state index contributed by atoms with van der Waals surface area (Å²) in [5, 5.41) is 22.0. The van der Waals surface area contributed by atoms with Gasteiger partial charge in [0.15, 0.2) is 0 Å². The molecule has 1 rings (SSSR count). The normalized spacial score (nSPS) is 10.8. The first-order chi connectivity index (χ1) is 6.61. The van der Waals surface area contributed by atoms with Crippen molar-refractivity contribution in [1.29, 1.82) is 0 Å². The van der Waals surface area contributed by atoms with Crippen LogP contribution in [0.1, 0.15) is 18.4 Å². The number of hydrogen-bond acceptors (Lipinski definition) is 2. The first-order valence-electron chi connectivity index (χ1n) is 4.35. The molecule has 0 aliphatic carbocycles. The first kappa shape index (κ1) is 10.8. The largest absolute Gasteiger partial charge is 0.873 e. The highest BCUT2D eigenvalue weighted by atomic mass is 19.3. The predicted octanol–water partition coefficient (Wildman–Crippen LogP) is 1.42. The Kier molecular flexibility index (Phi) is 3.68. The third-order valence-corrected chi connectivity index (χ3v) is 1.93. The Balaban J connectivity index is 2.54. The molecule has 0 saturated heterocycles. The minimum atomic E-state index is -2.35. The van der Waals surface area contributed by atoms with Gasteiger partial charge in [-0.05, 0) is 12.8 Å². The van der Waals surface area contributed by atoms with Gasteiger partial charge in [-0.2, -0.15) is 0 Å². The van der Waals surface area contributed by atoms with E-state index in [2.05, 4.69) is 0 Å². The molecule has 0 spiro atoms. The van der Waals surface area contributed by atoms with Crippen molar-refractivity contribution in [3.8, 4) is 11.5 Å². The van der Waals surface area contributed by atoms with Crippen LogP contribution in [0.3, 0.4) is 0 Å². The fourth-order valence-corrected chi connectivity index (χ4v) is 1.20. The molecule has 78 valence electrons. The monoisotopic (exact) mass is 200 g/mol. The molecule has 1 aromatic carbocycles. The van der Waals surface area contributed by atoms with Crippen LogP contribution in [0.2, 0.25) is 0 Å². The maximum atomic E-state index is 11.8. The molecule has 0 aromatic heterocycles. The summed E-state index contributed by atoms with van der Waals surface area (Å²) in [7, 11) is 0. The van der Waals surface area contributed by atoms with E-state index in [-0.39, 0.29) is 19.3 Å². The van der Waals surface area contributed by atoms with Gasteiger partial charge in [-0.25, -0.2) is 8.78 Å². The number of benzene rings is 1. The van der Waals surface area contributed by atoms with Crippen LogP contribution in [0.4, 0.5) is 8.78 Å². The first-order valence-corrected chi connectivity index (χ1v) is 4.35. The fourth-order valence-electron chi connectivity index (χ4n) is 1.20. The lowest BCUT2D eigenvalue weighted by Crippen LogP contribution is -2.03. The average molecular weight is 200 g/mol. The van der Waals surface area contributed by atoms with Crippen LogP contribution in [0.25, 0.3) is 0 Å². The molecule has 0 fully saturated rings. The van der Waals surface area contributed by atoms with Crippen molar-refractivity contribution in [1.82, 2.24) is 0 Å². The van der Waals surface area contributed by atoms with Crippen molar-refractivity contribution in [3.63, 3.8) is 0 Å². The van der Waals surface area contributed by atoms with Gasteiger partial charge in [-0.1, -0.05) is 23.8 Å². The van der Waals surface area contributed by atoms with Crippen molar-refractivity contribution in [2.45, 2.75) is 25.7 Å². The second-order valence-electron chi connectivity index (χ2n) is 3.03. The molecular weight excluding hydrogens is 190 g/mol. The van der Waals surface area contributed by atoms with Crippen LogP contribution >= 0.6 is 0 Å². The van der Waals surface area contributed by atoms with Gasteiger partial charge in [-0.15, -0.1) is 11.5 Å². The van der Waals surface area contributed by atoms with E-state index >= 15 is 0 Å². The average Bonchev–Trinajstić information content (AvgIpc) is 2.12. The molecule has 2 nitrogen and oxygen atoms in total. The number of hydrogen-bond donors (Lipinski definition) is 0. The highest BCUT2D eigenvalue weighted by molar-refractivity contribution is 5.42. The van der Waals surface area contributed by atoms with Gasteiger partial charge in [0.2, 0.25) is 6.43 Å². The summed E-state index contributed by atoms with van der Waals surface area (Å²) in [5.74, 6) is -1.14. The van der Waals surface area contributed by atoms with Gasteiger partial charge in [0.25, 0.3) is 0 Å². The van der Waals surface area contributed by atoms with E-state index in [1.807, 2.05) is 0 Å². The molecule has 0 aliphatic rings. The molecule has 0 aliphatic heterocycles. The Morgan fingerprint density at radius 2 is 1.93 bits per heavy atom. The zero-order chi connectivity index (χ0) is 10.6. The van der Waals surface area contributed by atoms with Gasteiger partial charge in [0.05, 0.1) is 0 Å². The molecule has 4 heteroatoms. The minimum Gasteiger partial charge on any atom is -0.873 e. The highest BCUT2D eigenvalue weighted by Crippen LogP contribution is 2.24. The molecule has 0 N–H and O–H groups in total. The van der Waals surface area contributed by atoms with Gasteiger partial charge in [0, 0.05) is 6.42 Å². The Morgan fingerprint density at radius 3 is 2.57 bits per heavy atom. The summed E-state index contributed by atoms with van der Waals surface area (Å²) < 4.78 is 23.6. The molecule has 1 aromatic rings. The maximum Gasteiger partial charge on any atom is 0.238 e. The van der Waals surface area contributed by atoms with Gasteiger partial charge < -0.3 is 10.2 Å². The van der Waals surface area contributed by atoms with E-state index in [1.54, 1.807) is 0 Å². The molecule has 0 unspecified atom stereocenters. The van der Waals surface area contributed by atoms with Crippen LogP contribution in [-0.4, -0.2) is 6.43 Å². The van der Waals surface area contributed by atoms with E-state index in [0.717, 1.165) is 0 Å². The molecule has 0 heterocycles. The summed E-state index contributed by atoms with van der Waals surface area (Å²) in [6.07, 6.45) is -2.10. The van der Waals surface area contributed by atoms with E-state index in [1.165, 1.54) is 18.2 Å². The SMILES string of the molecule is [O-]c1cccc(CCCC(F)F)c1[O-]. The molecule has 0 saturated carbocycles. The number of alkyl halides is 2. The number of para-hydroxylation sites is 1. The van der Waals surface area contributed by atoms with Gasteiger partial charge in [-0.3, -0.25) is 0 Å². The maximum absolute atomic E-state index is 11.8. The lowest BCUT2D eigenvalue weighted by atomic mass is 10.1. The van der Waals surface area contributed by atoms with Crippen LogP contribution in [0.15, 0.2) is 18.2 Å². The third kappa shape index (κ3) is 2.87. The van der Waals surface area contributed by atoms with E-state index < -0.39 is 17.9 Å². The number of aryl methyl sites for hydroxylation is 1. The lowest BCUT2D eigenvalue weighted by Gasteiger charge is -2.21. The van der Waals surface area contributed by atoms with Crippen molar-refractivity contribution >= 4 is 0 Å². The zero-order valence-corrected chi connectivity index (χ0v) is 7.50. The summed E-state index contributed by atoms with van der Waals surface area (Å²) >= 11 is 0. The standard InChI is InChI=1S/C10H12F2O2/c11-9(12)6-2-4-7-3-1-5-8(13)10(7)14/h1,3,5,9,13-14H,2,4,6H2/p-2.